The summed E-state index contributed by atoms with van der Waals surface area (Å²) in [6, 6.07) is 15.1. The van der Waals surface area contributed by atoms with Gasteiger partial charge in [-0.1, -0.05) is 36.4 Å². The molecule has 0 saturated carbocycles. The van der Waals surface area contributed by atoms with Gasteiger partial charge in [-0.05, 0) is 42.7 Å². The fourth-order valence-electron chi connectivity index (χ4n) is 3.35. The first kappa shape index (κ1) is 21.6. The third kappa shape index (κ3) is 4.75. The Bertz CT molecular complexity index is 1110. The molecule has 3 aromatic rings. The highest BCUT2D eigenvalue weighted by Gasteiger charge is 2.31. The lowest BCUT2D eigenvalue weighted by atomic mass is 10.0. The Labute approximate surface area is 179 Å². The number of para-hydroxylation sites is 1. The van der Waals surface area contributed by atoms with Crippen LogP contribution in [-0.4, -0.2) is 33.7 Å². The highest BCUT2D eigenvalue weighted by molar-refractivity contribution is 6.01. The molecule has 1 N–H and O–H groups in total. The first-order valence-electron chi connectivity index (χ1n) is 9.59. The summed E-state index contributed by atoms with van der Waals surface area (Å²) in [5, 5.41) is 14.2. The number of rotatable bonds is 6. The molecule has 0 aliphatic rings. The number of nitrogens with one attached hydrogen (secondary N) is 1. The molecule has 0 aliphatic heterocycles. The van der Waals surface area contributed by atoms with Crippen molar-refractivity contribution in [1.29, 1.82) is 0 Å². The molecule has 0 aliphatic carbocycles. The lowest BCUT2D eigenvalue weighted by Gasteiger charge is -2.28. The van der Waals surface area contributed by atoms with Crippen LogP contribution in [0.1, 0.15) is 33.2 Å². The standard InChI is InChI=1S/C23H22N4O4/c1-15-8-6-9-16(2)20(15)25-22(28)21(17-10-7-11-18(14-17)27(30)31)26(3)23(29)19-12-4-5-13-24-19/h4-14,21H,1-3H3,(H,25,28). The van der Waals surface area contributed by atoms with Gasteiger partial charge in [0.2, 0.25) is 0 Å². The zero-order valence-electron chi connectivity index (χ0n) is 17.4. The summed E-state index contributed by atoms with van der Waals surface area (Å²) in [5.74, 6) is -0.960. The number of aryl methyl sites for hydroxylation is 2. The molecule has 1 aromatic heterocycles. The SMILES string of the molecule is Cc1cccc(C)c1NC(=O)C(c1cccc([N+](=O)[O-])c1)N(C)C(=O)c1ccccn1. The molecular weight excluding hydrogens is 396 g/mol. The quantitative estimate of drug-likeness (QED) is 0.480. The van der Waals surface area contributed by atoms with E-state index in [0.717, 1.165) is 11.1 Å². The summed E-state index contributed by atoms with van der Waals surface area (Å²) in [7, 11) is 1.48. The van der Waals surface area contributed by atoms with Crippen molar-refractivity contribution in [2.24, 2.45) is 0 Å². The molecule has 0 fully saturated rings. The number of amides is 2. The van der Waals surface area contributed by atoms with E-state index in [1.54, 1.807) is 24.3 Å². The molecule has 31 heavy (non-hydrogen) atoms. The molecule has 158 valence electrons. The minimum Gasteiger partial charge on any atom is -0.324 e. The monoisotopic (exact) mass is 418 g/mol. The van der Waals surface area contributed by atoms with Crippen molar-refractivity contribution in [1.82, 2.24) is 9.88 Å². The summed E-state index contributed by atoms with van der Waals surface area (Å²) in [6.45, 7) is 3.74. The fraction of sp³-hybridized carbons (Fsp3) is 0.174. The molecule has 0 radical (unpaired) electrons. The largest absolute Gasteiger partial charge is 0.324 e. The third-order valence-electron chi connectivity index (χ3n) is 4.97. The van der Waals surface area contributed by atoms with E-state index in [-0.39, 0.29) is 11.4 Å². The van der Waals surface area contributed by atoms with Crippen LogP contribution in [0.4, 0.5) is 11.4 Å². The first-order chi connectivity index (χ1) is 14.8. The predicted molar refractivity (Wildman–Crippen MR) is 117 cm³/mol. The van der Waals surface area contributed by atoms with E-state index < -0.39 is 22.8 Å². The lowest BCUT2D eigenvalue weighted by molar-refractivity contribution is -0.384. The molecule has 8 heteroatoms. The number of anilines is 1. The van der Waals surface area contributed by atoms with Crippen molar-refractivity contribution in [2.45, 2.75) is 19.9 Å². The number of carbonyl (C=O) groups is 2. The number of aromatic nitrogens is 1. The van der Waals surface area contributed by atoms with Crippen molar-refractivity contribution in [3.63, 3.8) is 0 Å². The Morgan fingerprint density at radius 1 is 1.03 bits per heavy atom. The smallest absolute Gasteiger partial charge is 0.273 e. The second-order valence-corrected chi connectivity index (χ2v) is 7.14. The Hall–Kier alpha value is -4.07. The van der Waals surface area contributed by atoms with Crippen LogP contribution in [0.5, 0.6) is 0 Å². The summed E-state index contributed by atoms with van der Waals surface area (Å²) < 4.78 is 0. The van der Waals surface area contributed by atoms with Gasteiger partial charge in [0.1, 0.15) is 11.7 Å². The molecule has 1 atom stereocenters. The number of likely N-dealkylation sites (N-methyl/N-ethyl adjacent to an activating group) is 1. The summed E-state index contributed by atoms with van der Waals surface area (Å²) in [6.07, 6.45) is 1.49. The van der Waals surface area contributed by atoms with Crippen LogP contribution in [0.2, 0.25) is 0 Å². The topological polar surface area (TPSA) is 105 Å². The summed E-state index contributed by atoms with van der Waals surface area (Å²) in [5.41, 5.74) is 2.70. The predicted octanol–water partition coefficient (Wildman–Crippen LogP) is 4.06. The van der Waals surface area contributed by atoms with Gasteiger partial charge in [0.15, 0.2) is 0 Å². The van der Waals surface area contributed by atoms with Crippen LogP contribution in [0.25, 0.3) is 0 Å². The van der Waals surface area contributed by atoms with E-state index in [1.807, 2.05) is 32.0 Å². The van der Waals surface area contributed by atoms with E-state index in [9.17, 15) is 19.7 Å². The average molecular weight is 418 g/mol. The molecule has 2 amide bonds. The highest BCUT2D eigenvalue weighted by Crippen LogP contribution is 2.28. The van der Waals surface area contributed by atoms with Crippen LogP contribution >= 0.6 is 0 Å². The number of carbonyl (C=O) groups excluding carboxylic acids is 2. The Kier molecular flexibility index (Phi) is 6.40. The molecule has 3 rings (SSSR count). The van der Waals surface area contributed by atoms with Gasteiger partial charge in [0.25, 0.3) is 17.5 Å². The van der Waals surface area contributed by atoms with Crippen LogP contribution in [0, 0.1) is 24.0 Å². The Morgan fingerprint density at radius 3 is 2.32 bits per heavy atom. The number of pyridine rings is 1. The van der Waals surface area contributed by atoms with Crippen LogP contribution < -0.4 is 5.32 Å². The van der Waals surface area contributed by atoms with E-state index in [1.165, 1.54) is 36.3 Å². The lowest BCUT2D eigenvalue weighted by Crippen LogP contribution is -2.39. The van der Waals surface area contributed by atoms with Crippen LogP contribution in [0.15, 0.2) is 66.9 Å². The molecule has 8 nitrogen and oxygen atoms in total. The van der Waals surface area contributed by atoms with E-state index in [4.69, 9.17) is 0 Å². The Balaban J connectivity index is 2.03. The average Bonchev–Trinajstić information content (AvgIpc) is 2.76. The van der Waals surface area contributed by atoms with Crippen LogP contribution in [-0.2, 0) is 4.79 Å². The maximum absolute atomic E-state index is 13.4. The van der Waals surface area contributed by atoms with Gasteiger partial charge in [-0.3, -0.25) is 24.7 Å². The van der Waals surface area contributed by atoms with E-state index in [2.05, 4.69) is 10.3 Å². The molecule has 1 heterocycles. The van der Waals surface area contributed by atoms with Gasteiger partial charge in [0, 0.05) is 31.1 Å². The summed E-state index contributed by atoms with van der Waals surface area (Å²) in [4.78, 5) is 42.4. The molecular formula is C23H22N4O4. The Morgan fingerprint density at radius 2 is 1.71 bits per heavy atom. The molecule has 2 aromatic carbocycles. The summed E-state index contributed by atoms with van der Waals surface area (Å²) >= 11 is 0. The highest BCUT2D eigenvalue weighted by atomic mass is 16.6. The van der Waals surface area contributed by atoms with Gasteiger partial charge in [-0.2, -0.15) is 0 Å². The zero-order chi connectivity index (χ0) is 22.5. The number of hydrogen-bond donors (Lipinski definition) is 1. The van der Waals surface area contributed by atoms with Crippen molar-refractivity contribution >= 4 is 23.2 Å². The number of nitro benzene ring substituents is 1. The van der Waals surface area contributed by atoms with Gasteiger partial charge in [0.05, 0.1) is 4.92 Å². The van der Waals surface area contributed by atoms with Gasteiger partial charge in [-0.25, -0.2) is 0 Å². The zero-order valence-corrected chi connectivity index (χ0v) is 17.4. The number of nitrogens with zero attached hydrogens (tertiary/aromatic N) is 3. The second kappa shape index (κ2) is 9.17. The van der Waals surface area contributed by atoms with E-state index in [0.29, 0.717) is 11.3 Å². The number of nitro groups is 1. The van der Waals surface area contributed by atoms with Gasteiger partial charge >= 0.3 is 0 Å². The second-order valence-electron chi connectivity index (χ2n) is 7.14. The van der Waals surface area contributed by atoms with Crippen molar-refractivity contribution in [2.75, 3.05) is 12.4 Å². The number of benzene rings is 2. The molecule has 0 saturated heterocycles. The maximum Gasteiger partial charge on any atom is 0.273 e. The molecule has 0 bridgehead atoms. The fourth-order valence-corrected chi connectivity index (χ4v) is 3.35. The van der Waals surface area contributed by atoms with Gasteiger partial charge < -0.3 is 10.2 Å². The number of non-ortho nitro benzene ring substituents is 1. The molecule has 0 spiro atoms. The number of hydrogen-bond acceptors (Lipinski definition) is 5. The minimum absolute atomic E-state index is 0.166. The molecule has 1 unspecified atom stereocenters. The van der Waals surface area contributed by atoms with Gasteiger partial charge in [-0.15, -0.1) is 0 Å². The van der Waals surface area contributed by atoms with Crippen molar-refractivity contribution in [3.05, 3.63) is 99.4 Å². The van der Waals surface area contributed by atoms with Crippen molar-refractivity contribution in [3.8, 4) is 0 Å². The first-order valence-corrected chi connectivity index (χ1v) is 9.59. The van der Waals surface area contributed by atoms with Crippen LogP contribution in [0.3, 0.4) is 0 Å². The van der Waals surface area contributed by atoms with E-state index >= 15 is 0 Å². The maximum atomic E-state index is 13.4. The third-order valence-corrected chi connectivity index (χ3v) is 4.97. The van der Waals surface area contributed by atoms with Crippen molar-refractivity contribution < 1.29 is 14.5 Å². The minimum atomic E-state index is -1.10. The normalized spacial score (nSPS) is 11.5.